The van der Waals surface area contributed by atoms with Crippen molar-refractivity contribution in [2.75, 3.05) is 25.4 Å². The molecule has 2 fully saturated rings. The maximum atomic E-state index is 12.7. The van der Waals surface area contributed by atoms with Crippen molar-refractivity contribution in [3.05, 3.63) is 0 Å². The van der Waals surface area contributed by atoms with Gasteiger partial charge in [-0.15, -0.1) is 0 Å². The highest BCUT2D eigenvalue weighted by Gasteiger charge is 2.40. The molecule has 1 atom stereocenters. The Morgan fingerprint density at radius 2 is 1.91 bits per heavy atom. The van der Waals surface area contributed by atoms with Crippen LogP contribution in [0.3, 0.4) is 0 Å². The van der Waals surface area contributed by atoms with E-state index in [0.717, 1.165) is 12.8 Å². The molecule has 0 aromatic carbocycles. The van der Waals surface area contributed by atoms with E-state index in [9.17, 15) is 13.2 Å². The van der Waals surface area contributed by atoms with Crippen molar-refractivity contribution < 1.29 is 13.2 Å². The molecule has 2 saturated heterocycles. The minimum absolute atomic E-state index is 0.0250. The second-order valence-electron chi connectivity index (χ2n) is 6.17. The third-order valence-electron chi connectivity index (χ3n) is 4.59. The molecule has 124 valence electrons. The predicted octanol–water partition coefficient (Wildman–Crippen LogP) is 1.34. The van der Waals surface area contributed by atoms with Gasteiger partial charge in [-0.1, -0.05) is 13.3 Å². The Morgan fingerprint density at radius 3 is 2.50 bits per heavy atom. The van der Waals surface area contributed by atoms with Gasteiger partial charge in [0.2, 0.25) is 15.9 Å². The first-order valence-electron chi connectivity index (χ1n) is 8.17. The Kier molecular flexibility index (Phi) is 5.81. The average molecular weight is 327 g/mol. The highest BCUT2D eigenvalue weighted by molar-refractivity contribution is 7.89. The number of unbranched alkanes of at least 4 members (excludes halogenated alkanes) is 1. The van der Waals surface area contributed by atoms with E-state index < -0.39 is 16.1 Å². The van der Waals surface area contributed by atoms with Crippen LogP contribution in [0.25, 0.3) is 0 Å². The molecule has 1 unspecified atom stereocenters. The van der Waals surface area contributed by atoms with Crippen LogP contribution in [0.15, 0.2) is 0 Å². The van der Waals surface area contributed by atoms with Crippen LogP contribution in [0.1, 0.15) is 45.4 Å². The van der Waals surface area contributed by atoms with E-state index in [2.05, 4.69) is 6.07 Å². The molecule has 2 heterocycles. The number of hydrogen-bond donors (Lipinski definition) is 0. The summed E-state index contributed by atoms with van der Waals surface area (Å²) in [5.41, 5.74) is 0. The fourth-order valence-corrected chi connectivity index (χ4v) is 5.08. The summed E-state index contributed by atoms with van der Waals surface area (Å²) in [6.45, 7) is 3.55. The third kappa shape index (κ3) is 3.79. The van der Waals surface area contributed by atoms with E-state index in [1.807, 2.05) is 6.92 Å². The van der Waals surface area contributed by atoms with Gasteiger partial charge in [0.05, 0.1) is 11.8 Å². The summed E-state index contributed by atoms with van der Waals surface area (Å²) >= 11 is 0. The molecular formula is C15H25N3O3S. The number of piperidine rings is 1. The quantitative estimate of drug-likeness (QED) is 0.763. The number of rotatable bonds is 5. The summed E-state index contributed by atoms with van der Waals surface area (Å²) in [6, 6.07) is 1.72. The molecular weight excluding hydrogens is 302 g/mol. The number of carbonyl (C=O) groups is 1. The van der Waals surface area contributed by atoms with E-state index in [4.69, 9.17) is 5.26 Å². The van der Waals surface area contributed by atoms with Crippen molar-refractivity contribution in [2.24, 2.45) is 5.92 Å². The van der Waals surface area contributed by atoms with Crippen molar-refractivity contribution >= 4 is 15.9 Å². The fourth-order valence-electron chi connectivity index (χ4n) is 3.20. The van der Waals surface area contributed by atoms with Crippen LogP contribution in [-0.4, -0.2) is 55.0 Å². The Labute approximate surface area is 133 Å². The molecule has 7 heteroatoms. The van der Waals surface area contributed by atoms with Gasteiger partial charge in [-0.25, -0.2) is 8.42 Å². The maximum Gasteiger partial charge on any atom is 0.241 e. The van der Waals surface area contributed by atoms with Gasteiger partial charge in [0, 0.05) is 25.6 Å². The molecule has 1 amide bonds. The Morgan fingerprint density at radius 1 is 1.23 bits per heavy atom. The first-order chi connectivity index (χ1) is 10.5. The van der Waals surface area contributed by atoms with Gasteiger partial charge in [0.15, 0.2) is 0 Å². The smallest absolute Gasteiger partial charge is 0.241 e. The number of nitriles is 1. The van der Waals surface area contributed by atoms with Gasteiger partial charge in [-0.05, 0) is 32.1 Å². The maximum absolute atomic E-state index is 12.7. The van der Waals surface area contributed by atoms with Gasteiger partial charge < -0.3 is 4.90 Å². The van der Waals surface area contributed by atoms with E-state index in [1.165, 1.54) is 4.31 Å². The topological polar surface area (TPSA) is 81.5 Å². The van der Waals surface area contributed by atoms with Crippen molar-refractivity contribution in [2.45, 2.75) is 51.5 Å². The summed E-state index contributed by atoms with van der Waals surface area (Å²) in [6.07, 6.45) is 4.20. The van der Waals surface area contributed by atoms with Crippen LogP contribution in [0, 0.1) is 17.2 Å². The molecule has 0 aromatic heterocycles. The van der Waals surface area contributed by atoms with Gasteiger partial charge in [0.1, 0.15) is 6.04 Å². The highest BCUT2D eigenvalue weighted by atomic mass is 32.2. The summed E-state index contributed by atoms with van der Waals surface area (Å²) in [7, 11) is -3.34. The second kappa shape index (κ2) is 7.42. The molecule has 2 aliphatic rings. The minimum Gasteiger partial charge on any atom is -0.341 e. The van der Waals surface area contributed by atoms with Crippen molar-refractivity contribution in [1.29, 1.82) is 5.26 Å². The summed E-state index contributed by atoms with van der Waals surface area (Å²) in [5.74, 6) is 0.0787. The van der Waals surface area contributed by atoms with E-state index in [0.29, 0.717) is 45.3 Å². The van der Waals surface area contributed by atoms with Gasteiger partial charge in [-0.3, -0.25) is 4.79 Å². The van der Waals surface area contributed by atoms with Gasteiger partial charge in [0.25, 0.3) is 0 Å². The molecule has 22 heavy (non-hydrogen) atoms. The summed E-state index contributed by atoms with van der Waals surface area (Å²) < 4.78 is 26.2. The first-order valence-corrected chi connectivity index (χ1v) is 9.78. The largest absolute Gasteiger partial charge is 0.341 e. The number of nitrogens with zero attached hydrogens (tertiary/aromatic N) is 3. The van der Waals surface area contributed by atoms with Crippen molar-refractivity contribution in [3.8, 4) is 6.07 Å². The average Bonchev–Trinajstić information content (AvgIpc) is 3.03. The normalized spacial score (nSPS) is 24.4. The van der Waals surface area contributed by atoms with Crippen LogP contribution in [-0.2, 0) is 14.8 Å². The lowest BCUT2D eigenvalue weighted by molar-refractivity contribution is -0.135. The number of likely N-dealkylation sites (tertiary alicyclic amines) is 1. The van der Waals surface area contributed by atoms with Crippen LogP contribution >= 0.6 is 0 Å². The molecule has 2 aliphatic heterocycles. The molecule has 0 radical (unpaired) electrons. The molecule has 6 nitrogen and oxygen atoms in total. The molecule has 0 N–H and O–H groups in total. The SMILES string of the molecule is CCCCS(=O)(=O)N1CCCC1C(=O)N1CCC(C#N)CC1. The molecule has 0 aromatic rings. The van der Waals surface area contributed by atoms with Crippen molar-refractivity contribution in [3.63, 3.8) is 0 Å². The van der Waals surface area contributed by atoms with E-state index in [-0.39, 0.29) is 17.6 Å². The second-order valence-corrected chi connectivity index (χ2v) is 8.21. The standard InChI is InChI=1S/C15H25N3O3S/c1-2-3-11-22(20,21)18-8-4-5-14(18)15(19)17-9-6-13(12-16)7-10-17/h13-14H,2-11H2,1H3. The zero-order valence-electron chi connectivity index (χ0n) is 13.2. The molecule has 0 bridgehead atoms. The van der Waals surface area contributed by atoms with Crippen LogP contribution < -0.4 is 0 Å². The third-order valence-corrected chi connectivity index (χ3v) is 6.55. The molecule has 0 aliphatic carbocycles. The molecule has 0 spiro atoms. The Bertz CT molecular complexity index is 533. The summed E-state index contributed by atoms with van der Waals surface area (Å²) in [4.78, 5) is 14.4. The highest BCUT2D eigenvalue weighted by Crippen LogP contribution is 2.26. The fraction of sp³-hybridized carbons (Fsp3) is 0.867. The minimum atomic E-state index is -3.34. The number of amides is 1. The van der Waals surface area contributed by atoms with Crippen LogP contribution in [0.5, 0.6) is 0 Å². The lowest BCUT2D eigenvalue weighted by Gasteiger charge is -2.33. The predicted molar refractivity (Wildman–Crippen MR) is 83.3 cm³/mol. The number of carbonyl (C=O) groups excluding carboxylic acids is 1. The van der Waals surface area contributed by atoms with E-state index >= 15 is 0 Å². The monoisotopic (exact) mass is 327 g/mol. The lowest BCUT2D eigenvalue weighted by Crippen LogP contribution is -2.50. The van der Waals surface area contributed by atoms with Crippen LogP contribution in [0.4, 0.5) is 0 Å². The van der Waals surface area contributed by atoms with Crippen molar-refractivity contribution in [1.82, 2.24) is 9.21 Å². The summed E-state index contributed by atoms with van der Waals surface area (Å²) in [5, 5.41) is 8.92. The van der Waals surface area contributed by atoms with Gasteiger partial charge in [-0.2, -0.15) is 9.57 Å². The zero-order chi connectivity index (χ0) is 16.2. The molecule has 2 rings (SSSR count). The Hall–Kier alpha value is -1.13. The van der Waals surface area contributed by atoms with Crippen LogP contribution in [0.2, 0.25) is 0 Å². The Balaban J connectivity index is 2.01. The van der Waals surface area contributed by atoms with Gasteiger partial charge >= 0.3 is 0 Å². The number of sulfonamides is 1. The molecule has 0 saturated carbocycles. The first kappa shape index (κ1) is 17.2. The number of hydrogen-bond acceptors (Lipinski definition) is 4. The zero-order valence-corrected chi connectivity index (χ0v) is 14.0. The van der Waals surface area contributed by atoms with E-state index in [1.54, 1.807) is 4.90 Å². The lowest BCUT2D eigenvalue weighted by atomic mass is 9.98.